The molecule has 6 heteroatoms. The maximum atomic E-state index is 8.49. The molecule has 0 unspecified atom stereocenters. The van der Waals surface area contributed by atoms with Crippen molar-refractivity contribution in [3.8, 4) is 0 Å². The van der Waals surface area contributed by atoms with Gasteiger partial charge in [0.25, 0.3) is 0 Å². The monoisotopic (exact) mass is 335 g/mol. The molecular formula is C17H18ClNO4. The van der Waals surface area contributed by atoms with Gasteiger partial charge in [0.05, 0.1) is 5.39 Å². The lowest BCUT2D eigenvalue weighted by Crippen LogP contribution is -2.68. The van der Waals surface area contributed by atoms with Gasteiger partial charge in [-0.25, -0.2) is 18.6 Å². The summed E-state index contributed by atoms with van der Waals surface area (Å²) in [5.41, 5.74) is 6.76. The molecule has 0 saturated carbocycles. The van der Waals surface area contributed by atoms with Crippen LogP contribution in [-0.4, -0.2) is 0 Å². The maximum Gasteiger partial charge on any atom is 0.213 e. The van der Waals surface area contributed by atoms with Crippen molar-refractivity contribution in [1.82, 2.24) is 0 Å². The Balaban J connectivity index is 0.000000338. The van der Waals surface area contributed by atoms with E-state index < -0.39 is 10.2 Å². The van der Waals surface area contributed by atoms with Crippen molar-refractivity contribution >= 4 is 21.8 Å². The van der Waals surface area contributed by atoms with E-state index in [1.165, 1.54) is 38.5 Å². The van der Waals surface area contributed by atoms with Gasteiger partial charge in [0, 0.05) is 17.5 Å². The summed E-state index contributed by atoms with van der Waals surface area (Å²) in [5, 5.41) is 2.66. The van der Waals surface area contributed by atoms with E-state index in [-0.39, 0.29) is 0 Å². The third-order valence-corrected chi connectivity index (χ3v) is 4.15. The molecule has 3 aromatic rings. The van der Waals surface area contributed by atoms with Gasteiger partial charge < -0.3 is 0 Å². The van der Waals surface area contributed by atoms with Crippen LogP contribution in [0.2, 0.25) is 0 Å². The molecule has 0 saturated heterocycles. The van der Waals surface area contributed by atoms with E-state index in [2.05, 4.69) is 68.8 Å². The molecule has 0 aliphatic carbocycles. The number of para-hydroxylation sites is 1. The molecule has 0 radical (unpaired) electrons. The number of nitrogens with zero attached hydrogens (tertiary/aromatic N) is 1. The minimum Gasteiger partial charge on any atom is -0.222 e. The molecule has 0 atom stereocenters. The Labute approximate surface area is 136 Å². The first-order chi connectivity index (χ1) is 10.6. The molecule has 23 heavy (non-hydrogen) atoms. The summed E-state index contributed by atoms with van der Waals surface area (Å²) < 4.78 is 36.3. The SMILES string of the molecule is Cc1cc2c(cc3ccccc3[n+]2C)c(C)c1C.[O-][Cl+3]([O-])([O-])[O-]. The molecule has 2 aromatic carbocycles. The van der Waals surface area contributed by atoms with E-state index in [4.69, 9.17) is 18.6 Å². The number of halogens is 1. The van der Waals surface area contributed by atoms with Crippen LogP contribution < -0.4 is 23.2 Å². The van der Waals surface area contributed by atoms with Crippen LogP contribution in [0.1, 0.15) is 16.7 Å². The second kappa shape index (κ2) is 6.39. The van der Waals surface area contributed by atoms with Crippen molar-refractivity contribution in [2.24, 2.45) is 7.05 Å². The Morgan fingerprint density at radius 2 is 1.39 bits per heavy atom. The average molecular weight is 336 g/mol. The summed E-state index contributed by atoms with van der Waals surface area (Å²) >= 11 is 0. The smallest absolute Gasteiger partial charge is 0.213 e. The first-order valence-corrected chi connectivity index (χ1v) is 8.23. The quantitative estimate of drug-likeness (QED) is 0.388. The van der Waals surface area contributed by atoms with Crippen molar-refractivity contribution in [3.63, 3.8) is 0 Å². The van der Waals surface area contributed by atoms with Crippen LogP contribution in [0.5, 0.6) is 0 Å². The Hall–Kier alpha value is -1.76. The van der Waals surface area contributed by atoms with Crippen molar-refractivity contribution in [3.05, 3.63) is 53.1 Å². The van der Waals surface area contributed by atoms with Crippen LogP contribution in [0.15, 0.2) is 36.4 Å². The molecule has 5 nitrogen and oxygen atoms in total. The third kappa shape index (κ3) is 3.96. The van der Waals surface area contributed by atoms with Crippen LogP contribution in [-0.2, 0) is 7.05 Å². The van der Waals surface area contributed by atoms with Crippen LogP contribution in [0.25, 0.3) is 21.8 Å². The molecule has 1 heterocycles. The lowest BCUT2D eigenvalue weighted by atomic mass is 9.98. The normalized spacial score (nSPS) is 11.5. The largest absolute Gasteiger partial charge is 0.222 e. The van der Waals surface area contributed by atoms with E-state index in [0.29, 0.717) is 0 Å². The maximum absolute atomic E-state index is 8.49. The van der Waals surface area contributed by atoms with E-state index in [1.54, 1.807) is 0 Å². The van der Waals surface area contributed by atoms with Crippen molar-refractivity contribution in [2.75, 3.05) is 0 Å². The Morgan fingerprint density at radius 1 is 0.826 bits per heavy atom. The van der Waals surface area contributed by atoms with Gasteiger partial charge in [-0.3, -0.25) is 0 Å². The second-order valence-corrected chi connectivity index (χ2v) is 6.27. The Morgan fingerprint density at radius 3 is 2.00 bits per heavy atom. The first kappa shape index (κ1) is 17.6. The topological polar surface area (TPSA) is 96.1 Å². The first-order valence-electron chi connectivity index (χ1n) is 6.99. The number of hydrogen-bond acceptors (Lipinski definition) is 4. The highest BCUT2D eigenvalue weighted by Gasteiger charge is 2.14. The summed E-state index contributed by atoms with van der Waals surface area (Å²) in [6.07, 6.45) is 0. The molecule has 0 amide bonds. The molecule has 0 aliphatic rings. The minimum atomic E-state index is -4.94. The molecule has 122 valence electrons. The van der Waals surface area contributed by atoms with Gasteiger partial charge in [-0.15, -0.1) is 10.2 Å². The summed E-state index contributed by atoms with van der Waals surface area (Å²) in [6, 6.07) is 13.2. The summed E-state index contributed by atoms with van der Waals surface area (Å²) in [7, 11) is -2.79. The Bertz CT molecular complexity index is 866. The summed E-state index contributed by atoms with van der Waals surface area (Å²) in [6.45, 7) is 6.62. The van der Waals surface area contributed by atoms with Gasteiger partial charge >= 0.3 is 0 Å². The van der Waals surface area contributed by atoms with Gasteiger partial charge in [0.15, 0.2) is 0 Å². The predicted octanol–water partition coefficient (Wildman–Crippen LogP) is -1.01. The fraction of sp³-hybridized carbons (Fsp3) is 0.235. The van der Waals surface area contributed by atoms with E-state index in [1.807, 2.05) is 0 Å². The van der Waals surface area contributed by atoms with E-state index in [0.717, 1.165) is 0 Å². The standard InChI is InChI=1S/C17H18N.ClHO4/c1-11-9-17-15(13(3)12(11)2)10-14-7-5-6-8-16(14)18(17)4;2-1(3,4)5/h5-10H,1-4H3;(H,2,3,4,5)/q+1;/p-1. The molecule has 0 spiro atoms. The number of hydrogen-bond donors (Lipinski definition) is 0. The average Bonchev–Trinajstić information content (AvgIpc) is 2.45. The predicted molar refractivity (Wildman–Crippen MR) is 76.8 cm³/mol. The number of benzene rings is 2. The van der Waals surface area contributed by atoms with Gasteiger partial charge in [-0.2, -0.15) is 4.57 Å². The molecule has 0 N–H and O–H groups in total. The van der Waals surface area contributed by atoms with Crippen LogP contribution in [0, 0.1) is 31.0 Å². The number of aromatic nitrogens is 1. The highest BCUT2D eigenvalue weighted by Crippen LogP contribution is 2.25. The summed E-state index contributed by atoms with van der Waals surface area (Å²) in [4.78, 5) is 0. The number of aryl methyl sites for hydroxylation is 3. The molecular weight excluding hydrogens is 318 g/mol. The van der Waals surface area contributed by atoms with Crippen LogP contribution in [0.4, 0.5) is 0 Å². The lowest BCUT2D eigenvalue weighted by Gasteiger charge is -2.17. The highest BCUT2D eigenvalue weighted by atomic mass is 35.7. The molecule has 0 fully saturated rings. The number of rotatable bonds is 0. The lowest BCUT2D eigenvalue weighted by molar-refractivity contribution is -2.00. The zero-order valence-corrected chi connectivity index (χ0v) is 14.2. The summed E-state index contributed by atoms with van der Waals surface area (Å²) in [5.74, 6) is 0. The molecule has 3 rings (SSSR count). The van der Waals surface area contributed by atoms with Gasteiger partial charge in [-0.05, 0) is 49.6 Å². The minimum absolute atomic E-state index is 1.28. The van der Waals surface area contributed by atoms with Crippen molar-refractivity contribution < 1.29 is 33.4 Å². The zero-order chi connectivity index (χ0) is 17.4. The fourth-order valence-electron chi connectivity index (χ4n) is 2.74. The van der Waals surface area contributed by atoms with Gasteiger partial charge in [-0.1, -0.05) is 12.1 Å². The fourth-order valence-corrected chi connectivity index (χ4v) is 2.74. The molecule has 0 bridgehead atoms. The second-order valence-electron chi connectivity index (χ2n) is 5.52. The third-order valence-electron chi connectivity index (χ3n) is 4.15. The van der Waals surface area contributed by atoms with Crippen LogP contribution in [0.3, 0.4) is 0 Å². The van der Waals surface area contributed by atoms with Gasteiger partial charge in [0.2, 0.25) is 11.0 Å². The Kier molecular flexibility index (Phi) is 4.89. The molecule has 0 aliphatic heterocycles. The van der Waals surface area contributed by atoms with E-state index in [9.17, 15) is 0 Å². The molecule has 1 aromatic heterocycles. The van der Waals surface area contributed by atoms with Crippen LogP contribution >= 0.6 is 0 Å². The highest BCUT2D eigenvalue weighted by molar-refractivity contribution is 5.91. The van der Waals surface area contributed by atoms with Crippen molar-refractivity contribution in [1.29, 1.82) is 0 Å². The van der Waals surface area contributed by atoms with Crippen molar-refractivity contribution in [2.45, 2.75) is 20.8 Å². The van der Waals surface area contributed by atoms with E-state index >= 15 is 0 Å². The van der Waals surface area contributed by atoms with Gasteiger partial charge in [0.1, 0.15) is 7.05 Å². The number of pyridine rings is 1. The number of fused-ring (bicyclic) bond motifs is 2. The zero-order valence-electron chi connectivity index (χ0n) is 13.4.